The number of aryl methyl sites for hydroxylation is 1. The van der Waals surface area contributed by atoms with Gasteiger partial charge in [-0.3, -0.25) is 14.5 Å². The maximum Gasteiger partial charge on any atom is 0.261 e. The molecule has 0 radical (unpaired) electrons. The van der Waals surface area contributed by atoms with Crippen LogP contribution in [0, 0.1) is 0 Å². The van der Waals surface area contributed by atoms with Gasteiger partial charge >= 0.3 is 0 Å². The molecule has 0 unspecified atom stereocenters. The second-order valence-electron chi connectivity index (χ2n) is 6.66. The van der Waals surface area contributed by atoms with Crippen LogP contribution in [0.5, 0.6) is 5.75 Å². The van der Waals surface area contributed by atoms with Gasteiger partial charge in [-0.15, -0.1) is 0 Å². The van der Waals surface area contributed by atoms with E-state index in [9.17, 15) is 4.79 Å². The molecule has 7 nitrogen and oxygen atoms in total. The Hall–Kier alpha value is -3.09. The lowest BCUT2D eigenvalue weighted by Crippen LogP contribution is -2.34. The maximum atomic E-state index is 12.9. The van der Waals surface area contributed by atoms with Crippen LogP contribution in [-0.2, 0) is 37.8 Å². The van der Waals surface area contributed by atoms with E-state index in [1.54, 1.807) is 35.7 Å². The van der Waals surface area contributed by atoms with E-state index in [0.29, 0.717) is 18.8 Å². The molecule has 0 N–H and O–H groups in total. The second-order valence-corrected chi connectivity index (χ2v) is 6.66. The highest BCUT2D eigenvalue weighted by atomic mass is 16.5. The van der Waals surface area contributed by atoms with E-state index in [1.165, 1.54) is 11.3 Å². The second kappa shape index (κ2) is 7.65. The third-order valence-corrected chi connectivity index (χ3v) is 4.82. The number of nitrogens with zero attached hydrogens (tertiary/aromatic N) is 4. The van der Waals surface area contributed by atoms with E-state index in [4.69, 9.17) is 9.15 Å². The smallest absolute Gasteiger partial charge is 0.261 e. The Morgan fingerprint density at radius 1 is 1.30 bits per heavy atom. The number of fused-ring (bicyclic) bond motifs is 1. The van der Waals surface area contributed by atoms with Gasteiger partial charge in [0.15, 0.2) is 6.61 Å². The molecule has 1 amide bonds. The monoisotopic (exact) mass is 366 g/mol. The Morgan fingerprint density at radius 3 is 3.00 bits per heavy atom. The van der Waals surface area contributed by atoms with Crippen molar-refractivity contribution in [1.82, 2.24) is 19.7 Å². The van der Waals surface area contributed by atoms with Crippen LogP contribution in [-0.4, -0.2) is 32.2 Å². The van der Waals surface area contributed by atoms with Crippen molar-refractivity contribution in [3.8, 4) is 5.75 Å². The molecule has 3 heterocycles. The molecule has 7 heteroatoms. The van der Waals surface area contributed by atoms with Crippen molar-refractivity contribution < 1.29 is 13.9 Å². The number of hydrogen-bond acceptors (Lipinski definition) is 5. The topological polar surface area (TPSA) is 73.4 Å². The highest BCUT2D eigenvalue weighted by molar-refractivity contribution is 5.77. The summed E-state index contributed by atoms with van der Waals surface area (Å²) in [7, 11) is 1.97. The van der Waals surface area contributed by atoms with E-state index in [2.05, 4.69) is 10.1 Å². The zero-order chi connectivity index (χ0) is 18.6. The number of aromatic nitrogens is 3. The Kier molecular flexibility index (Phi) is 4.91. The molecule has 0 saturated carbocycles. The molecule has 140 valence electrons. The quantitative estimate of drug-likeness (QED) is 0.642. The molecule has 27 heavy (non-hydrogen) atoms. The molecule has 1 aliphatic rings. The van der Waals surface area contributed by atoms with Crippen molar-refractivity contribution >= 4 is 5.91 Å². The zero-order valence-corrected chi connectivity index (χ0v) is 15.3. The maximum absolute atomic E-state index is 12.9. The van der Waals surface area contributed by atoms with Gasteiger partial charge in [-0.2, -0.15) is 5.10 Å². The summed E-state index contributed by atoms with van der Waals surface area (Å²) in [5.41, 5.74) is 3.52. The number of furan rings is 1. The molecule has 3 aromatic rings. The molecule has 0 atom stereocenters. The minimum absolute atomic E-state index is 0.0541. The van der Waals surface area contributed by atoms with Crippen LogP contribution < -0.4 is 4.74 Å². The van der Waals surface area contributed by atoms with Gasteiger partial charge < -0.3 is 14.1 Å². The fourth-order valence-electron chi connectivity index (χ4n) is 3.50. The standard InChI is InChI=1S/C20H22N4O3/c1-23-19-8-2-7-17(19)18(22-23)13-24(12-16-6-4-10-26-16)20(25)14-27-15-5-3-9-21-11-15/h3-6,9-11H,2,7-8,12-14H2,1H3. The lowest BCUT2D eigenvalue weighted by molar-refractivity contribution is -0.135. The van der Waals surface area contributed by atoms with E-state index < -0.39 is 0 Å². The number of rotatable bonds is 7. The van der Waals surface area contributed by atoms with Crippen LogP contribution in [0.1, 0.15) is 29.1 Å². The van der Waals surface area contributed by atoms with Crippen LogP contribution >= 0.6 is 0 Å². The lowest BCUT2D eigenvalue weighted by atomic mass is 10.2. The first-order valence-electron chi connectivity index (χ1n) is 9.07. The van der Waals surface area contributed by atoms with Gasteiger partial charge in [-0.1, -0.05) is 0 Å². The summed E-state index contributed by atoms with van der Waals surface area (Å²) in [4.78, 5) is 18.6. The fraction of sp³-hybridized carbons (Fsp3) is 0.350. The van der Waals surface area contributed by atoms with Gasteiger partial charge in [0.05, 0.1) is 31.2 Å². The first-order valence-corrected chi connectivity index (χ1v) is 9.07. The van der Waals surface area contributed by atoms with Crippen molar-refractivity contribution in [3.63, 3.8) is 0 Å². The summed E-state index contributed by atoms with van der Waals surface area (Å²) in [5.74, 6) is 1.19. The zero-order valence-electron chi connectivity index (χ0n) is 15.3. The highest BCUT2D eigenvalue weighted by Crippen LogP contribution is 2.26. The van der Waals surface area contributed by atoms with Gasteiger partial charge in [0.2, 0.25) is 0 Å². The largest absolute Gasteiger partial charge is 0.482 e. The molecule has 0 spiro atoms. The van der Waals surface area contributed by atoms with E-state index >= 15 is 0 Å². The molecule has 4 rings (SSSR count). The van der Waals surface area contributed by atoms with Crippen molar-refractivity contribution in [2.24, 2.45) is 7.05 Å². The van der Waals surface area contributed by atoms with Crippen LogP contribution in [0.25, 0.3) is 0 Å². The average Bonchev–Trinajstić information content (AvgIpc) is 3.41. The molecule has 0 bridgehead atoms. The first kappa shape index (κ1) is 17.3. The Balaban J connectivity index is 1.50. The number of hydrogen-bond donors (Lipinski definition) is 0. The number of carbonyl (C=O) groups excluding carboxylic acids is 1. The molecule has 0 aliphatic heterocycles. The summed E-state index contributed by atoms with van der Waals surface area (Å²) < 4.78 is 13.0. The fourth-order valence-corrected chi connectivity index (χ4v) is 3.50. The molecular weight excluding hydrogens is 344 g/mol. The third kappa shape index (κ3) is 3.86. The van der Waals surface area contributed by atoms with Gasteiger partial charge in [0, 0.05) is 18.9 Å². The van der Waals surface area contributed by atoms with Crippen molar-refractivity contribution in [1.29, 1.82) is 0 Å². The number of pyridine rings is 1. The van der Waals surface area contributed by atoms with Crippen molar-refractivity contribution in [2.75, 3.05) is 6.61 Å². The van der Waals surface area contributed by atoms with Gasteiger partial charge in [0.1, 0.15) is 11.5 Å². The number of carbonyl (C=O) groups is 1. The van der Waals surface area contributed by atoms with Gasteiger partial charge in [0.25, 0.3) is 5.91 Å². The molecular formula is C20H22N4O3. The Labute approximate surface area is 157 Å². The van der Waals surface area contributed by atoms with E-state index in [-0.39, 0.29) is 12.5 Å². The molecule has 1 aliphatic carbocycles. The predicted molar refractivity (Wildman–Crippen MR) is 97.9 cm³/mol. The summed E-state index contributed by atoms with van der Waals surface area (Å²) in [6.45, 7) is 0.772. The number of ether oxygens (including phenoxy) is 1. The first-order chi connectivity index (χ1) is 13.2. The Bertz CT molecular complexity index is 903. The molecule has 0 aromatic carbocycles. The number of amides is 1. The average molecular weight is 366 g/mol. The summed E-state index contributed by atoms with van der Waals surface area (Å²) in [6.07, 6.45) is 8.09. The Morgan fingerprint density at radius 2 is 2.22 bits per heavy atom. The SMILES string of the molecule is Cn1nc(CN(Cc2ccco2)C(=O)COc2cccnc2)c2c1CCC2. The summed E-state index contributed by atoms with van der Waals surface area (Å²) in [5, 5.41) is 4.64. The third-order valence-electron chi connectivity index (χ3n) is 4.82. The van der Waals surface area contributed by atoms with E-state index in [1.807, 2.05) is 23.9 Å². The minimum atomic E-state index is -0.118. The van der Waals surface area contributed by atoms with Crippen LogP contribution in [0.3, 0.4) is 0 Å². The van der Waals surface area contributed by atoms with Gasteiger partial charge in [-0.05, 0) is 49.1 Å². The predicted octanol–water partition coefficient (Wildman–Crippen LogP) is 2.50. The van der Waals surface area contributed by atoms with E-state index in [0.717, 1.165) is 30.7 Å². The van der Waals surface area contributed by atoms with Crippen LogP contribution in [0.15, 0.2) is 47.3 Å². The van der Waals surface area contributed by atoms with Crippen molar-refractivity contribution in [2.45, 2.75) is 32.4 Å². The molecule has 0 fully saturated rings. The normalized spacial score (nSPS) is 12.8. The highest BCUT2D eigenvalue weighted by Gasteiger charge is 2.25. The van der Waals surface area contributed by atoms with Crippen LogP contribution in [0.2, 0.25) is 0 Å². The lowest BCUT2D eigenvalue weighted by Gasteiger charge is -2.21. The van der Waals surface area contributed by atoms with Gasteiger partial charge in [-0.25, -0.2) is 0 Å². The molecule has 3 aromatic heterocycles. The summed E-state index contributed by atoms with van der Waals surface area (Å²) >= 11 is 0. The summed E-state index contributed by atoms with van der Waals surface area (Å²) in [6, 6.07) is 7.24. The minimum Gasteiger partial charge on any atom is -0.482 e. The van der Waals surface area contributed by atoms with Crippen LogP contribution in [0.4, 0.5) is 0 Å². The molecule has 0 saturated heterocycles. The van der Waals surface area contributed by atoms with Crippen molar-refractivity contribution in [3.05, 3.63) is 65.6 Å².